The summed E-state index contributed by atoms with van der Waals surface area (Å²) in [6.45, 7) is 7.92. The smallest absolute Gasteiger partial charge is 0.0788 e. The molecule has 1 rings (SSSR count). The maximum Gasteiger partial charge on any atom is 0.0788 e. The molecule has 0 saturated heterocycles. The zero-order valence-electron chi connectivity index (χ0n) is 7.30. The molecule has 0 heterocycles. The van der Waals surface area contributed by atoms with Crippen LogP contribution in [0, 0.1) is 5.92 Å². The van der Waals surface area contributed by atoms with Gasteiger partial charge in [0.05, 0.1) is 6.10 Å². The van der Waals surface area contributed by atoms with Crippen molar-refractivity contribution in [2.24, 2.45) is 5.92 Å². The van der Waals surface area contributed by atoms with E-state index in [1.54, 1.807) is 0 Å². The lowest BCUT2D eigenvalue weighted by atomic mass is 9.84. The number of hydrogen-bond acceptors (Lipinski definition) is 1. The average molecular weight is 152 g/mol. The molecule has 0 aliphatic heterocycles. The highest BCUT2D eigenvalue weighted by Gasteiger charge is 2.21. The second kappa shape index (κ2) is 3.22. The van der Waals surface area contributed by atoms with E-state index < -0.39 is 0 Å². The molecule has 0 bridgehead atoms. The SMILES string of the molecule is C=C(C)[C@@H]1CCC(C)=C[C@@H]1O. The molecule has 1 nitrogen and oxygen atoms in total. The summed E-state index contributed by atoms with van der Waals surface area (Å²) in [5.74, 6) is 0.290. The van der Waals surface area contributed by atoms with Crippen LogP contribution in [0.25, 0.3) is 0 Å². The second-order valence-corrected chi connectivity index (χ2v) is 3.50. The molecule has 1 heteroatoms. The highest BCUT2D eigenvalue weighted by atomic mass is 16.3. The molecule has 1 N–H and O–H groups in total. The maximum atomic E-state index is 9.57. The number of aliphatic hydroxyl groups excluding tert-OH is 1. The van der Waals surface area contributed by atoms with Crippen molar-refractivity contribution in [3.05, 3.63) is 23.8 Å². The zero-order chi connectivity index (χ0) is 8.43. The molecular formula is C10H16O. The Morgan fingerprint density at radius 1 is 1.73 bits per heavy atom. The quantitative estimate of drug-likeness (QED) is 0.571. The minimum absolute atomic E-state index is 0.290. The Bertz CT molecular complexity index is 191. The molecule has 0 unspecified atom stereocenters. The number of hydrogen-bond donors (Lipinski definition) is 1. The van der Waals surface area contributed by atoms with Crippen molar-refractivity contribution in [3.8, 4) is 0 Å². The first kappa shape index (κ1) is 8.54. The molecule has 1 aliphatic carbocycles. The molecule has 1 aliphatic rings. The van der Waals surface area contributed by atoms with Gasteiger partial charge in [0.25, 0.3) is 0 Å². The van der Waals surface area contributed by atoms with Crippen molar-refractivity contribution < 1.29 is 5.11 Å². The van der Waals surface area contributed by atoms with Crippen molar-refractivity contribution in [1.82, 2.24) is 0 Å². The fraction of sp³-hybridized carbons (Fsp3) is 0.600. The molecule has 0 fully saturated rings. The molecule has 2 atom stereocenters. The third kappa shape index (κ3) is 1.93. The van der Waals surface area contributed by atoms with Crippen molar-refractivity contribution in [2.45, 2.75) is 32.8 Å². The van der Waals surface area contributed by atoms with Crippen LogP contribution in [0.15, 0.2) is 23.8 Å². The predicted octanol–water partition coefficient (Wildman–Crippen LogP) is 2.28. The summed E-state index contributed by atoms with van der Waals surface area (Å²) >= 11 is 0. The average Bonchev–Trinajstić information content (AvgIpc) is 1.85. The normalized spacial score (nSPS) is 31.4. The van der Waals surface area contributed by atoms with Gasteiger partial charge in [0, 0.05) is 5.92 Å². The van der Waals surface area contributed by atoms with Gasteiger partial charge in [0.15, 0.2) is 0 Å². The molecule has 0 aromatic heterocycles. The van der Waals surface area contributed by atoms with Gasteiger partial charge in [-0.05, 0) is 26.7 Å². The maximum absolute atomic E-state index is 9.57. The fourth-order valence-electron chi connectivity index (χ4n) is 1.58. The van der Waals surface area contributed by atoms with E-state index in [-0.39, 0.29) is 6.10 Å². The lowest BCUT2D eigenvalue weighted by Crippen LogP contribution is -2.22. The van der Waals surface area contributed by atoms with Crippen molar-refractivity contribution >= 4 is 0 Å². The monoisotopic (exact) mass is 152 g/mol. The van der Waals surface area contributed by atoms with E-state index in [2.05, 4.69) is 13.5 Å². The standard InChI is InChI=1S/C10H16O/c1-7(2)9-5-4-8(3)6-10(9)11/h6,9-11H,1,4-5H2,2-3H3/t9-,10-/m0/s1. The Labute approximate surface area is 68.4 Å². The van der Waals surface area contributed by atoms with Gasteiger partial charge in [0.1, 0.15) is 0 Å². The minimum Gasteiger partial charge on any atom is -0.388 e. The molecule has 11 heavy (non-hydrogen) atoms. The van der Waals surface area contributed by atoms with Gasteiger partial charge in [-0.15, -0.1) is 0 Å². The zero-order valence-corrected chi connectivity index (χ0v) is 7.30. The number of allylic oxidation sites excluding steroid dienone is 1. The van der Waals surface area contributed by atoms with E-state index >= 15 is 0 Å². The summed E-state index contributed by atoms with van der Waals surface area (Å²) in [4.78, 5) is 0. The largest absolute Gasteiger partial charge is 0.388 e. The number of rotatable bonds is 1. The van der Waals surface area contributed by atoms with E-state index in [1.807, 2.05) is 13.0 Å². The van der Waals surface area contributed by atoms with Gasteiger partial charge in [-0.2, -0.15) is 0 Å². The third-order valence-electron chi connectivity index (χ3n) is 2.35. The summed E-state index contributed by atoms with van der Waals surface area (Å²) in [7, 11) is 0. The molecule has 0 amide bonds. The highest BCUT2D eigenvalue weighted by molar-refractivity contribution is 5.14. The molecule has 0 saturated carbocycles. The van der Waals surface area contributed by atoms with Gasteiger partial charge in [0.2, 0.25) is 0 Å². The molecule has 0 radical (unpaired) electrons. The molecular weight excluding hydrogens is 136 g/mol. The van der Waals surface area contributed by atoms with Crippen molar-refractivity contribution in [2.75, 3.05) is 0 Å². The summed E-state index contributed by atoms with van der Waals surface area (Å²) < 4.78 is 0. The fourth-order valence-corrected chi connectivity index (χ4v) is 1.58. The van der Waals surface area contributed by atoms with Crippen LogP contribution in [0.1, 0.15) is 26.7 Å². The van der Waals surface area contributed by atoms with Gasteiger partial charge >= 0.3 is 0 Å². The van der Waals surface area contributed by atoms with Crippen LogP contribution in [0.2, 0.25) is 0 Å². The lowest BCUT2D eigenvalue weighted by molar-refractivity contribution is 0.157. The van der Waals surface area contributed by atoms with Crippen LogP contribution in [0.5, 0.6) is 0 Å². The Hall–Kier alpha value is -0.560. The molecule has 62 valence electrons. The van der Waals surface area contributed by atoms with Crippen molar-refractivity contribution in [3.63, 3.8) is 0 Å². The minimum atomic E-state index is -0.291. The van der Waals surface area contributed by atoms with Crippen LogP contribution in [-0.2, 0) is 0 Å². The Morgan fingerprint density at radius 2 is 2.36 bits per heavy atom. The van der Waals surface area contributed by atoms with E-state index in [1.165, 1.54) is 5.57 Å². The highest BCUT2D eigenvalue weighted by Crippen LogP contribution is 2.27. The Balaban J connectivity index is 2.68. The topological polar surface area (TPSA) is 20.2 Å². The summed E-state index contributed by atoms with van der Waals surface area (Å²) in [6, 6.07) is 0. The first-order valence-electron chi connectivity index (χ1n) is 4.12. The summed E-state index contributed by atoms with van der Waals surface area (Å²) in [5, 5.41) is 9.57. The first-order chi connectivity index (χ1) is 5.11. The van der Waals surface area contributed by atoms with Crippen LogP contribution in [0.4, 0.5) is 0 Å². The van der Waals surface area contributed by atoms with Crippen molar-refractivity contribution in [1.29, 1.82) is 0 Å². The van der Waals surface area contributed by atoms with Gasteiger partial charge in [-0.1, -0.05) is 23.8 Å². The second-order valence-electron chi connectivity index (χ2n) is 3.50. The van der Waals surface area contributed by atoms with E-state index in [0.29, 0.717) is 5.92 Å². The summed E-state index contributed by atoms with van der Waals surface area (Å²) in [6.07, 6.45) is 3.82. The van der Waals surface area contributed by atoms with Gasteiger partial charge in [-0.25, -0.2) is 0 Å². The van der Waals surface area contributed by atoms with Crippen LogP contribution in [0.3, 0.4) is 0 Å². The van der Waals surface area contributed by atoms with E-state index in [4.69, 9.17) is 0 Å². The predicted molar refractivity (Wildman–Crippen MR) is 47.3 cm³/mol. The molecule has 0 spiro atoms. The first-order valence-corrected chi connectivity index (χ1v) is 4.12. The van der Waals surface area contributed by atoms with Gasteiger partial charge < -0.3 is 5.11 Å². The van der Waals surface area contributed by atoms with Gasteiger partial charge in [-0.3, -0.25) is 0 Å². The Kier molecular flexibility index (Phi) is 2.50. The van der Waals surface area contributed by atoms with Crippen LogP contribution >= 0.6 is 0 Å². The van der Waals surface area contributed by atoms with Crippen LogP contribution in [-0.4, -0.2) is 11.2 Å². The van der Waals surface area contributed by atoms with E-state index in [0.717, 1.165) is 18.4 Å². The van der Waals surface area contributed by atoms with E-state index in [9.17, 15) is 5.11 Å². The summed E-state index contributed by atoms with van der Waals surface area (Å²) in [5.41, 5.74) is 2.40. The molecule has 0 aromatic carbocycles. The third-order valence-corrected chi connectivity index (χ3v) is 2.35. The number of aliphatic hydroxyl groups is 1. The Morgan fingerprint density at radius 3 is 2.82 bits per heavy atom. The molecule has 0 aromatic rings. The lowest BCUT2D eigenvalue weighted by Gasteiger charge is -2.25. The van der Waals surface area contributed by atoms with Crippen LogP contribution < -0.4 is 0 Å².